The average molecular weight is 403 g/mol. The quantitative estimate of drug-likeness (QED) is 0.410. The Kier molecular flexibility index (Phi) is 10.3. The Balaban J connectivity index is 2.89. The molecule has 0 saturated heterocycles. The summed E-state index contributed by atoms with van der Waals surface area (Å²) < 4.78 is 11.8. The second-order valence-electron chi connectivity index (χ2n) is 8.92. The maximum Gasteiger partial charge on any atom is 0.311 e. The lowest BCUT2D eigenvalue weighted by Crippen LogP contribution is -2.41. The lowest BCUT2D eigenvalue weighted by Gasteiger charge is -2.34. The number of esters is 1. The predicted octanol–water partition coefficient (Wildman–Crippen LogP) is 5.17. The number of allylic oxidation sites excluding steroid dienone is 2. The average Bonchev–Trinajstić information content (AvgIpc) is 2.69. The molecule has 1 aromatic rings. The highest BCUT2D eigenvalue weighted by Gasteiger charge is 2.33. The predicted molar refractivity (Wildman–Crippen MR) is 118 cm³/mol. The first-order valence-corrected chi connectivity index (χ1v) is 10.4. The van der Waals surface area contributed by atoms with Gasteiger partial charge in [-0.05, 0) is 26.3 Å². The van der Waals surface area contributed by atoms with Crippen LogP contribution in [0.3, 0.4) is 0 Å². The maximum absolute atomic E-state index is 12.2. The number of hydrogen-bond donors (Lipinski definition) is 1. The summed E-state index contributed by atoms with van der Waals surface area (Å²) in [4.78, 5) is 12.2. The van der Waals surface area contributed by atoms with E-state index in [1.807, 2.05) is 84.0 Å². The molecule has 0 aliphatic heterocycles. The fourth-order valence-corrected chi connectivity index (χ4v) is 3.16. The number of aliphatic hydroxyl groups is 1. The van der Waals surface area contributed by atoms with Gasteiger partial charge in [0.15, 0.2) is 0 Å². The molecule has 0 heterocycles. The molecular formula is C25H38O4. The topological polar surface area (TPSA) is 55.8 Å². The van der Waals surface area contributed by atoms with Gasteiger partial charge in [-0.25, -0.2) is 0 Å². The highest BCUT2D eigenvalue weighted by Crippen LogP contribution is 2.27. The number of ether oxygens (including phenoxy) is 2. The Morgan fingerprint density at radius 1 is 1.17 bits per heavy atom. The largest absolute Gasteiger partial charge is 0.465 e. The summed E-state index contributed by atoms with van der Waals surface area (Å²) in [5.41, 5.74) is 0.521. The lowest BCUT2D eigenvalue weighted by molar-refractivity contribution is -0.157. The van der Waals surface area contributed by atoms with Crippen molar-refractivity contribution in [1.29, 1.82) is 0 Å². The van der Waals surface area contributed by atoms with Crippen LogP contribution in [0.5, 0.6) is 0 Å². The van der Waals surface area contributed by atoms with Crippen molar-refractivity contribution in [3.8, 4) is 0 Å². The van der Waals surface area contributed by atoms with E-state index in [0.29, 0.717) is 6.61 Å². The minimum absolute atomic E-state index is 0.0462. The van der Waals surface area contributed by atoms with E-state index in [2.05, 4.69) is 6.58 Å². The molecule has 0 bridgehead atoms. The fourth-order valence-electron chi connectivity index (χ4n) is 3.16. The van der Waals surface area contributed by atoms with Gasteiger partial charge in [0.1, 0.15) is 0 Å². The van der Waals surface area contributed by atoms with Crippen LogP contribution in [-0.4, -0.2) is 29.9 Å². The van der Waals surface area contributed by atoms with Gasteiger partial charge in [0.25, 0.3) is 0 Å². The van der Waals surface area contributed by atoms with E-state index in [1.165, 1.54) is 0 Å². The lowest BCUT2D eigenvalue weighted by atomic mass is 9.84. The van der Waals surface area contributed by atoms with Gasteiger partial charge in [0.05, 0.1) is 30.8 Å². The van der Waals surface area contributed by atoms with Crippen LogP contribution in [-0.2, 0) is 20.9 Å². The van der Waals surface area contributed by atoms with Crippen molar-refractivity contribution in [1.82, 2.24) is 0 Å². The van der Waals surface area contributed by atoms with Crippen molar-refractivity contribution < 1.29 is 19.4 Å². The number of carbonyl (C=O) groups is 1. The van der Waals surface area contributed by atoms with Crippen molar-refractivity contribution in [2.75, 3.05) is 6.61 Å². The van der Waals surface area contributed by atoms with E-state index in [1.54, 1.807) is 6.08 Å². The number of rotatable bonds is 11. The van der Waals surface area contributed by atoms with Gasteiger partial charge in [-0.2, -0.15) is 0 Å². The third-order valence-corrected chi connectivity index (χ3v) is 5.08. The summed E-state index contributed by atoms with van der Waals surface area (Å²) in [6.45, 7) is 15.8. The Bertz CT molecular complexity index is 645. The van der Waals surface area contributed by atoms with Gasteiger partial charge in [0.2, 0.25) is 0 Å². The zero-order chi connectivity index (χ0) is 22.0. The van der Waals surface area contributed by atoms with E-state index < -0.39 is 11.5 Å². The minimum Gasteiger partial charge on any atom is -0.465 e. The highest BCUT2D eigenvalue weighted by molar-refractivity contribution is 5.75. The molecule has 0 saturated carbocycles. The monoisotopic (exact) mass is 402 g/mol. The molecule has 0 fully saturated rings. The molecule has 0 unspecified atom stereocenters. The standard InChI is InChI=1S/C25H38O4/c1-8-9-13-18(2)22(26)20(4)23(28-17-21-14-11-10-12-15-21)19(3)16-29-24(27)25(5,6)7/h8-15,18-20,22-23,26H,1,16-17H2,2-7H3/b13-9-/t18-,19-,20+,22-,23-/m0/s1. The molecule has 4 heteroatoms. The normalized spacial score (nSPS) is 17.3. The van der Waals surface area contributed by atoms with Crippen LogP contribution in [0.1, 0.15) is 47.1 Å². The molecule has 162 valence electrons. The van der Waals surface area contributed by atoms with Gasteiger partial charge in [-0.1, -0.05) is 75.9 Å². The van der Waals surface area contributed by atoms with Gasteiger partial charge in [-0.15, -0.1) is 0 Å². The van der Waals surface area contributed by atoms with Crippen LogP contribution in [0.15, 0.2) is 55.1 Å². The molecule has 0 amide bonds. The molecule has 0 radical (unpaired) electrons. The fraction of sp³-hybridized carbons (Fsp3) is 0.560. The van der Waals surface area contributed by atoms with E-state index >= 15 is 0 Å². The Labute approximate surface area is 176 Å². The Morgan fingerprint density at radius 2 is 1.79 bits per heavy atom. The highest BCUT2D eigenvalue weighted by atomic mass is 16.5. The third kappa shape index (κ3) is 8.55. The third-order valence-electron chi connectivity index (χ3n) is 5.08. The summed E-state index contributed by atoms with van der Waals surface area (Å²) in [7, 11) is 0. The number of aliphatic hydroxyl groups excluding tert-OH is 1. The molecule has 0 aromatic heterocycles. The Morgan fingerprint density at radius 3 is 2.34 bits per heavy atom. The molecular weight excluding hydrogens is 364 g/mol. The number of benzene rings is 1. The molecule has 5 atom stereocenters. The summed E-state index contributed by atoms with van der Waals surface area (Å²) in [5, 5.41) is 10.9. The Hall–Kier alpha value is -1.91. The van der Waals surface area contributed by atoms with E-state index in [4.69, 9.17) is 9.47 Å². The second kappa shape index (κ2) is 11.9. The molecule has 1 aromatic carbocycles. The summed E-state index contributed by atoms with van der Waals surface area (Å²) >= 11 is 0. The maximum atomic E-state index is 12.2. The molecule has 0 aliphatic carbocycles. The van der Waals surface area contributed by atoms with E-state index in [0.717, 1.165) is 5.56 Å². The van der Waals surface area contributed by atoms with Crippen LogP contribution in [0.2, 0.25) is 0 Å². The summed E-state index contributed by atoms with van der Waals surface area (Å²) in [5.74, 6) is -0.492. The first kappa shape index (κ1) is 25.1. The van der Waals surface area contributed by atoms with E-state index in [-0.39, 0.29) is 36.4 Å². The van der Waals surface area contributed by atoms with Crippen molar-refractivity contribution in [3.05, 3.63) is 60.7 Å². The van der Waals surface area contributed by atoms with Crippen molar-refractivity contribution in [2.45, 2.75) is 60.4 Å². The van der Waals surface area contributed by atoms with Crippen molar-refractivity contribution >= 4 is 5.97 Å². The molecule has 0 spiro atoms. The number of hydrogen-bond acceptors (Lipinski definition) is 4. The van der Waals surface area contributed by atoms with Gasteiger partial charge >= 0.3 is 5.97 Å². The molecule has 4 nitrogen and oxygen atoms in total. The first-order chi connectivity index (χ1) is 13.6. The second-order valence-corrected chi connectivity index (χ2v) is 8.92. The van der Waals surface area contributed by atoms with E-state index in [9.17, 15) is 9.90 Å². The van der Waals surface area contributed by atoms with Gasteiger partial charge in [0, 0.05) is 17.8 Å². The molecule has 0 aliphatic rings. The number of carbonyl (C=O) groups excluding carboxylic acids is 1. The van der Waals surface area contributed by atoms with Crippen LogP contribution in [0, 0.1) is 23.2 Å². The molecule has 1 rings (SSSR count). The van der Waals surface area contributed by atoms with Crippen molar-refractivity contribution in [3.63, 3.8) is 0 Å². The van der Waals surface area contributed by atoms with Gasteiger partial charge in [-0.3, -0.25) is 4.79 Å². The zero-order valence-corrected chi connectivity index (χ0v) is 18.8. The first-order valence-electron chi connectivity index (χ1n) is 10.4. The SMILES string of the molecule is C=C/C=C\[C@H](C)[C@H](O)[C@@H](C)[C@@H](OCc1ccccc1)[C@@H](C)COC(=O)C(C)(C)C. The summed E-state index contributed by atoms with van der Waals surface area (Å²) in [6, 6.07) is 9.94. The zero-order valence-electron chi connectivity index (χ0n) is 18.8. The smallest absolute Gasteiger partial charge is 0.311 e. The van der Waals surface area contributed by atoms with Crippen LogP contribution >= 0.6 is 0 Å². The van der Waals surface area contributed by atoms with Crippen LogP contribution < -0.4 is 0 Å². The van der Waals surface area contributed by atoms with Crippen LogP contribution in [0.4, 0.5) is 0 Å². The van der Waals surface area contributed by atoms with Gasteiger partial charge < -0.3 is 14.6 Å². The molecule has 29 heavy (non-hydrogen) atoms. The minimum atomic E-state index is -0.590. The summed E-state index contributed by atoms with van der Waals surface area (Å²) in [6.07, 6.45) is 4.62. The molecule has 1 N–H and O–H groups in total. The van der Waals surface area contributed by atoms with Crippen LogP contribution in [0.25, 0.3) is 0 Å². The van der Waals surface area contributed by atoms with Crippen molar-refractivity contribution in [2.24, 2.45) is 23.2 Å².